The van der Waals surface area contributed by atoms with E-state index in [1.807, 2.05) is 12.4 Å². The second kappa shape index (κ2) is 10.8. The molecule has 2 saturated heterocycles. The summed E-state index contributed by atoms with van der Waals surface area (Å²) in [6.07, 6.45) is 11.2. The van der Waals surface area contributed by atoms with E-state index < -0.39 is 0 Å². The number of rotatable bonds is 6. The van der Waals surface area contributed by atoms with Crippen LogP contribution in [-0.2, 0) is 11.2 Å². The number of hydrogen-bond acceptors (Lipinski definition) is 5. The molecule has 0 spiro atoms. The van der Waals surface area contributed by atoms with Crippen molar-refractivity contribution >= 4 is 5.91 Å². The van der Waals surface area contributed by atoms with E-state index in [9.17, 15) is 4.79 Å². The predicted octanol–water partition coefficient (Wildman–Crippen LogP) is 3.23. The summed E-state index contributed by atoms with van der Waals surface area (Å²) in [5.41, 5.74) is 9.61. The van der Waals surface area contributed by atoms with Crippen molar-refractivity contribution in [3.8, 4) is 0 Å². The maximum Gasteiger partial charge on any atom is 0.223 e. The standard InChI is InChI=1S/C27H37N5O/c33-27(22-9-10-25-24(18-22)26(31-30-25)21-11-14-28-15-12-21)29-23-8-4-5-16-32(19-23)17-13-20-6-2-1-3-7-20/h1-3,6-7,11-12,14-15,22-26,30-31H,4-5,8-10,13,16-19H2,(H,29,33). The van der Waals surface area contributed by atoms with Gasteiger partial charge in [0.1, 0.15) is 0 Å². The lowest BCUT2D eigenvalue weighted by Gasteiger charge is -2.34. The molecule has 3 aliphatic rings. The van der Waals surface area contributed by atoms with Gasteiger partial charge >= 0.3 is 0 Å². The molecule has 1 aromatic carbocycles. The average Bonchev–Trinajstić information content (AvgIpc) is 3.16. The molecule has 1 aliphatic carbocycles. The Morgan fingerprint density at radius 2 is 1.88 bits per heavy atom. The highest BCUT2D eigenvalue weighted by Gasteiger charge is 2.42. The van der Waals surface area contributed by atoms with Crippen molar-refractivity contribution in [2.45, 2.75) is 63.1 Å². The fourth-order valence-corrected chi connectivity index (χ4v) is 5.99. The first kappa shape index (κ1) is 22.5. The van der Waals surface area contributed by atoms with E-state index in [4.69, 9.17) is 0 Å². The normalized spacial score (nSPS) is 30.4. The zero-order valence-corrected chi connectivity index (χ0v) is 19.5. The molecule has 0 radical (unpaired) electrons. The van der Waals surface area contributed by atoms with Crippen molar-refractivity contribution in [3.63, 3.8) is 0 Å². The van der Waals surface area contributed by atoms with Gasteiger partial charge in [0.15, 0.2) is 0 Å². The number of nitrogens with one attached hydrogen (secondary N) is 3. The first-order valence-corrected chi connectivity index (χ1v) is 12.7. The van der Waals surface area contributed by atoms with E-state index in [-0.39, 0.29) is 23.9 Å². The van der Waals surface area contributed by atoms with Crippen LogP contribution in [0.25, 0.3) is 0 Å². The van der Waals surface area contributed by atoms with Gasteiger partial charge in [-0.1, -0.05) is 36.8 Å². The third-order valence-electron chi connectivity index (χ3n) is 7.85. The largest absolute Gasteiger partial charge is 0.352 e. The van der Waals surface area contributed by atoms with Gasteiger partial charge in [-0.25, -0.2) is 5.43 Å². The van der Waals surface area contributed by atoms with Crippen LogP contribution in [0.2, 0.25) is 0 Å². The molecule has 176 valence electrons. The number of carbonyl (C=O) groups is 1. The summed E-state index contributed by atoms with van der Waals surface area (Å²) >= 11 is 0. The van der Waals surface area contributed by atoms with Gasteiger partial charge < -0.3 is 10.2 Å². The Labute approximate surface area is 197 Å². The van der Waals surface area contributed by atoms with E-state index in [1.54, 1.807) is 0 Å². The smallest absolute Gasteiger partial charge is 0.223 e. The Bertz CT molecular complexity index is 892. The first-order chi connectivity index (χ1) is 16.3. The quantitative estimate of drug-likeness (QED) is 0.634. The van der Waals surface area contributed by atoms with Crippen molar-refractivity contribution in [1.82, 2.24) is 26.1 Å². The fraction of sp³-hybridized carbons (Fsp3) is 0.556. The number of pyridine rings is 1. The van der Waals surface area contributed by atoms with Crippen LogP contribution in [0.3, 0.4) is 0 Å². The van der Waals surface area contributed by atoms with E-state index in [0.717, 1.165) is 51.7 Å². The average molecular weight is 448 g/mol. The summed E-state index contributed by atoms with van der Waals surface area (Å²) in [5, 5.41) is 3.46. The number of fused-ring (bicyclic) bond motifs is 1. The zero-order chi connectivity index (χ0) is 22.5. The van der Waals surface area contributed by atoms with Crippen LogP contribution >= 0.6 is 0 Å². The summed E-state index contributed by atoms with van der Waals surface area (Å²) < 4.78 is 0. The summed E-state index contributed by atoms with van der Waals surface area (Å²) in [7, 11) is 0. The predicted molar refractivity (Wildman–Crippen MR) is 130 cm³/mol. The Morgan fingerprint density at radius 1 is 1.03 bits per heavy atom. The molecule has 33 heavy (non-hydrogen) atoms. The van der Waals surface area contributed by atoms with Gasteiger partial charge in [-0.05, 0) is 74.2 Å². The zero-order valence-electron chi connectivity index (χ0n) is 19.5. The minimum atomic E-state index is 0.110. The molecule has 5 rings (SSSR count). The monoisotopic (exact) mass is 447 g/mol. The molecule has 2 aliphatic heterocycles. The summed E-state index contributed by atoms with van der Waals surface area (Å²) in [5.74, 6) is 0.815. The molecule has 3 N–H and O–H groups in total. The molecule has 1 saturated carbocycles. The maximum absolute atomic E-state index is 13.3. The molecule has 0 bridgehead atoms. The van der Waals surface area contributed by atoms with Crippen LogP contribution in [-0.4, -0.2) is 47.5 Å². The second-order valence-corrected chi connectivity index (χ2v) is 10.1. The molecule has 1 aromatic heterocycles. The SMILES string of the molecule is O=C(NC1CCCCN(CCc2ccccc2)C1)C1CCC2NNC(c3ccncc3)C2C1. The molecule has 5 unspecified atom stereocenters. The minimum absolute atomic E-state index is 0.110. The highest BCUT2D eigenvalue weighted by Crippen LogP contribution is 2.40. The van der Waals surface area contributed by atoms with Crippen LogP contribution in [0.1, 0.15) is 55.7 Å². The minimum Gasteiger partial charge on any atom is -0.352 e. The lowest BCUT2D eigenvalue weighted by molar-refractivity contribution is -0.127. The van der Waals surface area contributed by atoms with E-state index in [0.29, 0.717) is 12.0 Å². The van der Waals surface area contributed by atoms with Gasteiger partial charge in [0.25, 0.3) is 0 Å². The Hall–Kier alpha value is -2.28. The van der Waals surface area contributed by atoms with Crippen molar-refractivity contribution in [2.24, 2.45) is 11.8 Å². The van der Waals surface area contributed by atoms with Crippen molar-refractivity contribution in [3.05, 3.63) is 66.0 Å². The number of likely N-dealkylation sites (tertiary alicyclic amines) is 1. The first-order valence-electron chi connectivity index (χ1n) is 12.7. The summed E-state index contributed by atoms with van der Waals surface area (Å²) in [4.78, 5) is 20.0. The van der Waals surface area contributed by atoms with E-state index in [2.05, 4.69) is 68.5 Å². The lowest BCUT2D eigenvalue weighted by Crippen LogP contribution is -2.47. The molecule has 3 fully saturated rings. The molecule has 1 amide bonds. The number of aromatic nitrogens is 1. The maximum atomic E-state index is 13.3. The molecule has 6 nitrogen and oxygen atoms in total. The fourth-order valence-electron chi connectivity index (χ4n) is 5.99. The molecular formula is C27H37N5O. The van der Waals surface area contributed by atoms with Crippen molar-refractivity contribution in [1.29, 1.82) is 0 Å². The van der Waals surface area contributed by atoms with Crippen LogP contribution < -0.4 is 16.2 Å². The van der Waals surface area contributed by atoms with Crippen LogP contribution in [0.5, 0.6) is 0 Å². The molecule has 2 aromatic rings. The van der Waals surface area contributed by atoms with Crippen LogP contribution in [0.4, 0.5) is 0 Å². The van der Waals surface area contributed by atoms with Gasteiger partial charge in [-0.2, -0.15) is 0 Å². The molecule has 3 heterocycles. The topological polar surface area (TPSA) is 69.3 Å². The molecule has 6 heteroatoms. The summed E-state index contributed by atoms with van der Waals surface area (Å²) in [6.45, 7) is 3.17. The van der Waals surface area contributed by atoms with Crippen molar-refractivity contribution in [2.75, 3.05) is 19.6 Å². The van der Waals surface area contributed by atoms with Gasteiger partial charge in [-0.3, -0.25) is 15.2 Å². The Balaban J connectivity index is 1.15. The number of hydrazine groups is 1. The van der Waals surface area contributed by atoms with Gasteiger partial charge in [0, 0.05) is 43.5 Å². The summed E-state index contributed by atoms with van der Waals surface area (Å²) in [6, 6.07) is 15.9. The number of benzene rings is 1. The number of carbonyl (C=O) groups excluding carboxylic acids is 1. The molecular weight excluding hydrogens is 410 g/mol. The number of nitrogens with zero attached hydrogens (tertiary/aromatic N) is 2. The lowest BCUT2D eigenvalue weighted by atomic mass is 9.74. The highest BCUT2D eigenvalue weighted by atomic mass is 16.2. The van der Waals surface area contributed by atoms with Gasteiger partial charge in [0.2, 0.25) is 5.91 Å². The van der Waals surface area contributed by atoms with Gasteiger partial charge in [-0.15, -0.1) is 0 Å². The highest BCUT2D eigenvalue weighted by molar-refractivity contribution is 5.79. The van der Waals surface area contributed by atoms with E-state index in [1.165, 1.54) is 24.0 Å². The molecule has 5 atom stereocenters. The van der Waals surface area contributed by atoms with E-state index >= 15 is 0 Å². The second-order valence-electron chi connectivity index (χ2n) is 10.1. The third kappa shape index (κ3) is 5.62. The Morgan fingerprint density at radius 3 is 2.73 bits per heavy atom. The van der Waals surface area contributed by atoms with Crippen molar-refractivity contribution < 1.29 is 4.79 Å². The third-order valence-corrected chi connectivity index (χ3v) is 7.85. The number of amides is 1. The van der Waals surface area contributed by atoms with Crippen LogP contribution in [0, 0.1) is 11.8 Å². The number of hydrogen-bond donors (Lipinski definition) is 3. The van der Waals surface area contributed by atoms with Gasteiger partial charge in [0.05, 0.1) is 6.04 Å². The van der Waals surface area contributed by atoms with Crippen LogP contribution in [0.15, 0.2) is 54.9 Å². The Kier molecular flexibility index (Phi) is 7.34.